The average Bonchev–Trinajstić information content (AvgIpc) is 0.766. The predicted octanol–water partition coefficient (Wildman–Crippen LogP) is -15.0. The molecular weight excluding hydrogens is 1540 g/mol. The van der Waals surface area contributed by atoms with Crippen molar-refractivity contribution >= 4 is 90.7 Å². The van der Waals surface area contributed by atoms with Crippen molar-refractivity contribution in [3.8, 4) is 0 Å². The number of carboxylic acid groups (broad SMARTS) is 3. The average molecular weight is 1590 g/mol. The van der Waals surface area contributed by atoms with E-state index in [9.17, 15) is 172 Å². The Morgan fingerprint density at radius 3 is 0.745 bits per heavy atom. The lowest BCUT2D eigenvalue weighted by molar-refractivity contribution is -0.388. The van der Waals surface area contributed by atoms with E-state index in [2.05, 4.69) is 29.3 Å². The van der Waals surface area contributed by atoms with Gasteiger partial charge in [-0.2, -0.15) is 58.9 Å². The summed E-state index contributed by atoms with van der Waals surface area (Å²) in [6, 6.07) is 0. The summed E-state index contributed by atoms with van der Waals surface area (Å²) in [4.78, 5) is 38.2. The number of aliphatic carboxylic acids is 3. The summed E-state index contributed by atoms with van der Waals surface area (Å²) in [7, 11) is -41.9. The van der Waals surface area contributed by atoms with Gasteiger partial charge in [0.15, 0.2) is 74.4 Å². The number of rotatable bonds is 30. The van der Waals surface area contributed by atoms with Gasteiger partial charge in [0.1, 0.15) is 110 Å². The molecule has 6 aliphatic heterocycles. The third-order valence-corrected chi connectivity index (χ3v) is 17.0. The number of carbonyl (C=O) groups is 3. The number of ether oxygens (including phenoxy) is 11. The lowest BCUT2D eigenvalue weighted by Gasteiger charge is -2.50. The predicted molar refractivity (Wildman–Crippen MR) is 274 cm³/mol. The fraction of sp³-hybridized carbons (Fsp3) is 0.917. The standard InChI is InChI=1S/C36H56O55S7/c37-1-4-13(85-92(53,54)55)19(10(43)32(74-4)78-16-7(40)22(89-96(65,66)67)31(52)77-25(16)28(46)47)81-35-23(90-97(68,69)70)8(41)17(26(83-35)29(48)49)79-33-11(44)20(14(5(2-38)75-33)86-93(56,57)58)82-36-24(91-98(71,72)73)9(42)18(27(84-36)30(50)51)80-34-12(45)21(88-95(62,63)64)15(6(3-39)76-34)87-94(59,60)61/h4-27,31-45,52H,1-3H2,(H,46,47)(H,48,49)(H,50,51)(H,53,54,55)(H,56,57,58)(H,59,60,61)(H,62,63,64)(H,65,66,67)(H,68,69,70)(H,71,72,73)/t4-,5-,6-,7+,8+,9+,10-,11-,12-,13+,14+,15+,16+,17+,18+,19-,20-,21-,22-,23-,24-,25-,26-,27-,31?,32+,33+,34+,35-,36-/m1/s1. The van der Waals surface area contributed by atoms with Crippen LogP contribution in [0.1, 0.15) is 0 Å². The van der Waals surface area contributed by atoms with Gasteiger partial charge in [0.05, 0.1) is 19.8 Å². The van der Waals surface area contributed by atoms with Crippen LogP contribution in [-0.4, -0.2) is 379 Å². The summed E-state index contributed by atoms with van der Waals surface area (Å²) in [6.07, 6.45) is -89.3. The highest BCUT2D eigenvalue weighted by molar-refractivity contribution is 7.82. The van der Waals surface area contributed by atoms with Crippen LogP contribution in [0.5, 0.6) is 0 Å². The van der Waals surface area contributed by atoms with Crippen LogP contribution in [0.3, 0.4) is 0 Å². The van der Waals surface area contributed by atoms with Crippen LogP contribution >= 0.6 is 0 Å². The molecule has 0 bridgehead atoms. The molecule has 572 valence electrons. The summed E-state index contributed by atoms with van der Waals surface area (Å²) >= 11 is 0. The largest absolute Gasteiger partial charge is 0.479 e. The molecule has 62 heteroatoms. The molecule has 30 atom stereocenters. The first-order valence-electron chi connectivity index (χ1n) is 25.7. The van der Waals surface area contributed by atoms with E-state index in [0.717, 1.165) is 0 Å². The van der Waals surface area contributed by atoms with Gasteiger partial charge in [-0.05, 0) is 0 Å². The maximum absolute atomic E-state index is 13.1. The molecule has 6 saturated heterocycles. The van der Waals surface area contributed by atoms with Crippen molar-refractivity contribution in [2.45, 2.75) is 184 Å². The second-order valence-corrected chi connectivity index (χ2v) is 27.7. The second-order valence-electron chi connectivity index (χ2n) is 20.4. The highest BCUT2D eigenvalue weighted by Crippen LogP contribution is 2.41. The van der Waals surface area contributed by atoms with Crippen LogP contribution in [0.4, 0.5) is 0 Å². The van der Waals surface area contributed by atoms with Crippen LogP contribution in [0, 0.1) is 0 Å². The van der Waals surface area contributed by atoms with Gasteiger partial charge in [-0.25, -0.2) is 43.7 Å². The minimum absolute atomic E-state index is 1.60. The molecule has 6 heterocycles. The molecule has 0 aliphatic carbocycles. The van der Waals surface area contributed by atoms with E-state index in [4.69, 9.17) is 52.1 Å². The molecular formula is C36H56O55S7. The SMILES string of the molecule is O=C(O)[C@@H]1O[C@@H](O[C@@H]2[C@@H](O)[C@H](O[C@H]3[C@H](O)[C@@H](OS(=O)(=O)O)[C@H](O[C@@H]4[C@@H](O)[C@H](O[C@H]5[C@H](O)[C@@H](OS(=O)(=O)O)C(O)O[C@H]5C(=O)O)O[C@H](CO)[C@@H]4OS(=O)(=O)O)O[C@H]3C(=O)O)O[C@H](CO)[C@@H]2OS(=O)(=O)O)[C@H](OS(=O)(=O)O)[C@@H](O)[C@@H]1O[C@@H]1O[C@H](CO)[C@H](OS(=O)(=O)O)[C@H](OS(=O)(=O)O)[C@H]1O. The van der Waals surface area contributed by atoms with Gasteiger partial charge in [0, 0.05) is 0 Å². The quantitative estimate of drug-likeness (QED) is 0.0297. The van der Waals surface area contributed by atoms with E-state index in [-0.39, 0.29) is 0 Å². The van der Waals surface area contributed by atoms with Crippen LogP contribution < -0.4 is 0 Å². The second kappa shape index (κ2) is 31.9. The maximum Gasteiger partial charge on any atom is 0.397 e. The zero-order chi connectivity index (χ0) is 74.4. The van der Waals surface area contributed by atoms with Crippen LogP contribution in [0.2, 0.25) is 0 Å². The third kappa shape index (κ3) is 21.6. The van der Waals surface area contributed by atoms with E-state index >= 15 is 0 Å². The Morgan fingerprint density at radius 1 is 0.265 bits per heavy atom. The minimum Gasteiger partial charge on any atom is -0.479 e. The summed E-state index contributed by atoms with van der Waals surface area (Å²) in [5, 5.41) is 140. The highest BCUT2D eigenvalue weighted by Gasteiger charge is 2.63. The fourth-order valence-corrected chi connectivity index (χ4v) is 13.6. The molecule has 6 fully saturated rings. The number of hydrogen-bond acceptors (Lipinski definition) is 45. The smallest absolute Gasteiger partial charge is 0.397 e. The minimum atomic E-state index is -6.23. The van der Waals surface area contributed by atoms with E-state index in [0.29, 0.717) is 0 Å². The Hall–Kier alpha value is -3.34. The molecule has 0 spiro atoms. The summed E-state index contributed by atoms with van der Waals surface area (Å²) in [6.45, 7) is -5.02. The molecule has 0 aromatic heterocycles. The van der Waals surface area contributed by atoms with E-state index in [1.807, 2.05) is 0 Å². The van der Waals surface area contributed by atoms with Crippen molar-refractivity contribution in [1.82, 2.24) is 0 Å². The van der Waals surface area contributed by atoms with Crippen LogP contribution in [-0.2, 0) is 169 Å². The van der Waals surface area contributed by atoms with Crippen molar-refractivity contribution in [2.24, 2.45) is 0 Å². The first kappa shape index (κ1) is 83.6. The lowest BCUT2D eigenvalue weighted by Crippen LogP contribution is -2.70. The summed E-state index contributed by atoms with van der Waals surface area (Å²) in [5.41, 5.74) is 0. The van der Waals surface area contributed by atoms with Gasteiger partial charge in [-0.15, -0.1) is 0 Å². The van der Waals surface area contributed by atoms with Gasteiger partial charge >= 0.3 is 90.7 Å². The molecule has 0 amide bonds. The van der Waals surface area contributed by atoms with Crippen molar-refractivity contribution in [1.29, 1.82) is 0 Å². The normalized spacial score (nSPS) is 41.3. The number of carboxylic acids is 3. The first-order chi connectivity index (χ1) is 44.7. The molecule has 0 aromatic rings. The Balaban J connectivity index is 1.38. The van der Waals surface area contributed by atoms with Crippen LogP contribution in [0.25, 0.3) is 0 Å². The van der Waals surface area contributed by atoms with Gasteiger partial charge in [-0.1, -0.05) is 0 Å². The monoisotopic (exact) mass is 1590 g/mol. The van der Waals surface area contributed by atoms with E-state index in [1.54, 1.807) is 0 Å². The van der Waals surface area contributed by atoms with E-state index < -0.39 is 295 Å². The molecule has 55 nitrogen and oxygen atoms in total. The van der Waals surface area contributed by atoms with Crippen LogP contribution in [0.15, 0.2) is 0 Å². The van der Waals surface area contributed by atoms with Crippen molar-refractivity contribution in [3.05, 3.63) is 0 Å². The molecule has 0 radical (unpaired) electrons. The Morgan fingerprint density at radius 2 is 0.480 bits per heavy atom. The van der Waals surface area contributed by atoms with Crippen molar-refractivity contribution < 1.29 is 253 Å². The number of hydrogen-bond donors (Lipinski definition) is 20. The highest BCUT2D eigenvalue weighted by atomic mass is 32.3. The van der Waals surface area contributed by atoms with Gasteiger partial charge < -0.3 is 118 Å². The molecule has 20 N–H and O–H groups in total. The summed E-state index contributed by atoms with van der Waals surface area (Å²) < 4.78 is 323. The van der Waals surface area contributed by atoms with Gasteiger partial charge in [0.25, 0.3) is 0 Å². The number of aliphatic hydroxyl groups excluding tert-OH is 10. The maximum atomic E-state index is 13.1. The van der Waals surface area contributed by atoms with E-state index in [1.165, 1.54) is 0 Å². The first-order valence-corrected chi connectivity index (χ1v) is 35.3. The third-order valence-electron chi connectivity index (χ3n) is 13.8. The van der Waals surface area contributed by atoms with Gasteiger partial charge in [-0.3, -0.25) is 31.9 Å². The topological polar surface area (TPSA) is 861 Å². The Labute approximate surface area is 545 Å². The zero-order valence-electron chi connectivity index (χ0n) is 47.0. The molecule has 6 rings (SSSR count). The Kier molecular flexibility index (Phi) is 27.3. The molecule has 98 heavy (non-hydrogen) atoms. The molecule has 6 aliphatic rings. The number of aliphatic hydroxyl groups is 10. The molecule has 0 saturated carbocycles. The van der Waals surface area contributed by atoms with Crippen molar-refractivity contribution in [2.75, 3.05) is 19.8 Å². The fourth-order valence-electron chi connectivity index (χ4n) is 10.1. The molecule has 1 unspecified atom stereocenters. The van der Waals surface area contributed by atoms with Crippen molar-refractivity contribution in [3.63, 3.8) is 0 Å². The zero-order valence-corrected chi connectivity index (χ0v) is 52.7. The Bertz CT molecular complexity index is 3610. The molecule has 0 aromatic carbocycles. The lowest BCUT2D eigenvalue weighted by atomic mass is 9.95. The summed E-state index contributed by atoms with van der Waals surface area (Å²) in [5.74, 6) is -7.21. The van der Waals surface area contributed by atoms with Gasteiger partial charge in [0.2, 0.25) is 0 Å².